The minimum Gasteiger partial charge on any atom is -0.330 e. The SMILES string of the molecule is Cc1cc(C)cc(CN(C)C(C)CCN)c1. The van der Waals surface area contributed by atoms with Crippen LogP contribution in [0.1, 0.15) is 30.0 Å². The fourth-order valence-corrected chi connectivity index (χ4v) is 2.07. The van der Waals surface area contributed by atoms with E-state index >= 15 is 0 Å². The van der Waals surface area contributed by atoms with Crippen LogP contribution < -0.4 is 5.73 Å². The molecule has 0 saturated heterocycles. The zero-order valence-corrected chi connectivity index (χ0v) is 11.0. The van der Waals surface area contributed by atoms with E-state index in [0.717, 1.165) is 19.5 Å². The van der Waals surface area contributed by atoms with Gasteiger partial charge in [0.25, 0.3) is 0 Å². The van der Waals surface area contributed by atoms with E-state index in [1.54, 1.807) is 0 Å². The molecule has 0 radical (unpaired) electrons. The molecule has 0 aliphatic rings. The summed E-state index contributed by atoms with van der Waals surface area (Å²) in [5, 5.41) is 0. The van der Waals surface area contributed by atoms with Gasteiger partial charge in [0.15, 0.2) is 0 Å². The first-order valence-corrected chi connectivity index (χ1v) is 6.00. The highest BCUT2D eigenvalue weighted by atomic mass is 15.1. The van der Waals surface area contributed by atoms with Crippen LogP contribution in [0.4, 0.5) is 0 Å². The van der Waals surface area contributed by atoms with Crippen LogP contribution in [0.25, 0.3) is 0 Å². The van der Waals surface area contributed by atoms with Crippen LogP contribution >= 0.6 is 0 Å². The second-order valence-corrected chi connectivity index (χ2v) is 4.84. The van der Waals surface area contributed by atoms with Gasteiger partial charge in [-0.05, 0) is 46.3 Å². The van der Waals surface area contributed by atoms with Crippen molar-refractivity contribution in [3.63, 3.8) is 0 Å². The molecular weight excluding hydrogens is 196 g/mol. The van der Waals surface area contributed by atoms with E-state index < -0.39 is 0 Å². The number of hydrogen-bond acceptors (Lipinski definition) is 2. The monoisotopic (exact) mass is 220 g/mol. The van der Waals surface area contributed by atoms with Crippen molar-refractivity contribution >= 4 is 0 Å². The lowest BCUT2D eigenvalue weighted by Crippen LogP contribution is -2.30. The third-order valence-electron chi connectivity index (χ3n) is 3.05. The summed E-state index contributed by atoms with van der Waals surface area (Å²) in [6.07, 6.45) is 1.06. The third kappa shape index (κ3) is 3.95. The average molecular weight is 220 g/mol. The van der Waals surface area contributed by atoms with E-state index in [4.69, 9.17) is 5.73 Å². The van der Waals surface area contributed by atoms with Gasteiger partial charge in [-0.1, -0.05) is 29.3 Å². The van der Waals surface area contributed by atoms with Gasteiger partial charge in [0.05, 0.1) is 0 Å². The predicted octanol–water partition coefficient (Wildman–Crippen LogP) is 2.47. The molecule has 90 valence electrons. The highest BCUT2D eigenvalue weighted by molar-refractivity contribution is 5.28. The third-order valence-corrected chi connectivity index (χ3v) is 3.05. The maximum Gasteiger partial charge on any atom is 0.0233 e. The number of rotatable bonds is 5. The number of nitrogens with two attached hydrogens (primary N) is 1. The minimum atomic E-state index is 0.547. The van der Waals surface area contributed by atoms with Crippen LogP contribution in [0.3, 0.4) is 0 Å². The van der Waals surface area contributed by atoms with Gasteiger partial charge in [0, 0.05) is 12.6 Å². The van der Waals surface area contributed by atoms with Gasteiger partial charge in [0.1, 0.15) is 0 Å². The first-order valence-electron chi connectivity index (χ1n) is 6.00. The second kappa shape index (κ2) is 6.02. The van der Waals surface area contributed by atoms with Crippen molar-refractivity contribution < 1.29 is 0 Å². The summed E-state index contributed by atoms with van der Waals surface area (Å²) in [5.74, 6) is 0. The topological polar surface area (TPSA) is 29.3 Å². The molecule has 0 amide bonds. The van der Waals surface area contributed by atoms with Gasteiger partial charge in [-0.3, -0.25) is 4.90 Å². The van der Waals surface area contributed by atoms with Gasteiger partial charge < -0.3 is 5.73 Å². The summed E-state index contributed by atoms with van der Waals surface area (Å²) in [4.78, 5) is 2.36. The molecule has 0 fully saturated rings. The lowest BCUT2D eigenvalue weighted by molar-refractivity contribution is 0.240. The number of hydrogen-bond donors (Lipinski definition) is 1. The van der Waals surface area contributed by atoms with Gasteiger partial charge in [-0.2, -0.15) is 0 Å². The van der Waals surface area contributed by atoms with Crippen LogP contribution in [0.2, 0.25) is 0 Å². The molecule has 1 rings (SSSR count). The molecule has 1 unspecified atom stereocenters. The summed E-state index contributed by atoms with van der Waals surface area (Å²) < 4.78 is 0. The molecule has 0 aromatic heterocycles. The van der Waals surface area contributed by atoms with Crippen LogP contribution in [0.15, 0.2) is 18.2 Å². The first kappa shape index (κ1) is 13.2. The van der Waals surface area contributed by atoms with Crippen molar-refractivity contribution in [2.24, 2.45) is 5.73 Å². The Hall–Kier alpha value is -0.860. The van der Waals surface area contributed by atoms with Gasteiger partial charge in [-0.15, -0.1) is 0 Å². The molecule has 0 aliphatic carbocycles. The average Bonchev–Trinajstić information content (AvgIpc) is 2.16. The predicted molar refractivity (Wildman–Crippen MR) is 70.5 cm³/mol. The van der Waals surface area contributed by atoms with Crippen LogP contribution in [-0.2, 0) is 6.54 Å². The van der Waals surface area contributed by atoms with Gasteiger partial charge in [0.2, 0.25) is 0 Å². The zero-order valence-electron chi connectivity index (χ0n) is 11.0. The van der Waals surface area contributed by atoms with E-state index in [1.165, 1.54) is 16.7 Å². The highest BCUT2D eigenvalue weighted by Gasteiger charge is 2.08. The molecule has 0 bridgehead atoms. The Morgan fingerprint density at radius 3 is 2.25 bits per heavy atom. The van der Waals surface area contributed by atoms with E-state index in [2.05, 4.69) is 50.9 Å². The van der Waals surface area contributed by atoms with E-state index in [9.17, 15) is 0 Å². The Labute approximate surface area is 99.5 Å². The summed E-state index contributed by atoms with van der Waals surface area (Å²) in [7, 11) is 2.16. The van der Waals surface area contributed by atoms with Crippen LogP contribution in [0, 0.1) is 13.8 Å². The zero-order chi connectivity index (χ0) is 12.1. The lowest BCUT2D eigenvalue weighted by Gasteiger charge is -2.24. The second-order valence-electron chi connectivity index (χ2n) is 4.84. The van der Waals surface area contributed by atoms with Crippen molar-refractivity contribution in [2.75, 3.05) is 13.6 Å². The standard InChI is InChI=1S/C14H24N2/c1-11-7-12(2)9-14(8-11)10-16(4)13(3)5-6-15/h7-9,13H,5-6,10,15H2,1-4H3. The normalized spacial score (nSPS) is 13.1. The molecule has 2 nitrogen and oxygen atoms in total. The molecule has 0 spiro atoms. The fourth-order valence-electron chi connectivity index (χ4n) is 2.07. The largest absolute Gasteiger partial charge is 0.330 e. The molecule has 1 atom stereocenters. The fraction of sp³-hybridized carbons (Fsp3) is 0.571. The molecule has 2 heteroatoms. The highest BCUT2D eigenvalue weighted by Crippen LogP contribution is 2.12. The lowest BCUT2D eigenvalue weighted by atomic mass is 10.1. The Morgan fingerprint density at radius 2 is 1.75 bits per heavy atom. The maximum atomic E-state index is 5.58. The van der Waals surface area contributed by atoms with Crippen molar-refractivity contribution in [3.05, 3.63) is 34.9 Å². The summed E-state index contributed by atoms with van der Waals surface area (Å²) in [6, 6.07) is 7.29. The first-order chi connectivity index (χ1) is 7.52. The van der Waals surface area contributed by atoms with Crippen LogP contribution in [-0.4, -0.2) is 24.5 Å². The molecule has 1 aromatic carbocycles. The molecule has 0 saturated carbocycles. The summed E-state index contributed by atoms with van der Waals surface area (Å²) in [5.41, 5.74) is 9.66. The van der Waals surface area contributed by atoms with Gasteiger partial charge in [-0.25, -0.2) is 0 Å². The minimum absolute atomic E-state index is 0.547. The molecule has 16 heavy (non-hydrogen) atoms. The molecule has 0 heterocycles. The number of nitrogens with zero attached hydrogens (tertiary/aromatic N) is 1. The van der Waals surface area contributed by atoms with E-state index in [1.807, 2.05) is 0 Å². The van der Waals surface area contributed by atoms with Crippen molar-refractivity contribution in [2.45, 2.75) is 39.8 Å². The Balaban J connectivity index is 2.65. The molecule has 0 aliphatic heterocycles. The van der Waals surface area contributed by atoms with Crippen molar-refractivity contribution in [3.8, 4) is 0 Å². The van der Waals surface area contributed by atoms with E-state index in [-0.39, 0.29) is 0 Å². The van der Waals surface area contributed by atoms with E-state index in [0.29, 0.717) is 6.04 Å². The quantitative estimate of drug-likeness (QED) is 0.826. The molecule has 1 aromatic rings. The smallest absolute Gasteiger partial charge is 0.0233 e. The Morgan fingerprint density at radius 1 is 1.19 bits per heavy atom. The number of aryl methyl sites for hydroxylation is 2. The summed E-state index contributed by atoms with van der Waals surface area (Å²) in [6.45, 7) is 8.30. The molecule has 2 N–H and O–H groups in total. The maximum absolute atomic E-state index is 5.58. The van der Waals surface area contributed by atoms with Crippen molar-refractivity contribution in [1.82, 2.24) is 4.90 Å². The van der Waals surface area contributed by atoms with Gasteiger partial charge >= 0.3 is 0 Å². The van der Waals surface area contributed by atoms with Crippen LogP contribution in [0.5, 0.6) is 0 Å². The Bertz CT molecular complexity index is 313. The number of benzene rings is 1. The Kier molecular flexibility index (Phi) is 4.97. The molecular formula is C14H24N2. The summed E-state index contributed by atoms with van der Waals surface area (Å²) >= 11 is 0. The van der Waals surface area contributed by atoms with Crippen molar-refractivity contribution in [1.29, 1.82) is 0 Å².